The first-order valence-corrected chi connectivity index (χ1v) is 13.0. The number of carbonyl (C=O) groups excluding carboxylic acids is 2. The first-order valence-electron chi connectivity index (χ1n) is 13.0. The van der Waals surface area contributed by atoms with E-state index in [1.165, 1.54) is 24.3 Å². The first-order chi connectivity index (χ1) is 17.7. The average molecular weight is 518 g/mol. The molecule has 2 saturated heterocycles. The zero-order valence-electron chi connectivity index (χ0n) is 21.0. The molecule has 2 aromatic rings. The fourth-order valence-corrected chi connectivity index (χ4v) is 5.43. The summed E-state index contributed by atoms with van der Waals surface area (Å²) in [5.41, 5.74) is 0.963. The lowest BCUT2D eigenvalue weighted by molar-refractivity contribution is -0.274. The molecule has 0 aromatic heterocycles. The van der Waals surface area contributed by atoms with Crippen molar-refractivity contribution in [1.82, 2.24) is 15.1 Å². The Hall–Kier alpha value is -3.07. The van der Waals surface area contributed by atoms with Crippen molar-refractivity contribution < 1.29 is 27.5 Å². The van der Waals surface area contributed by atoms with Crippen LogP contribution in [0.2, 0.25) is 0 Å². The van der Waals surface area contributed by atoms with Gasteiger partial charge in [-0.15, -0.1) is 13.2 Å². The largest absolute Gasteiger partial charge is 0.573 e. The Bertz CT molecular complexity index is 1050. The van der Waals surface area contributed by atoms with E-state index >= 15 is 0 Å². The standard InChI is InChI=1S/C28H34F3N3O3/c1-2-23(20-8-4-3-5-9-20)26(35)32-21-12-16-33(17-13-21)22-14-18-34(19-15-22)27(36)24-10-6-7-11-25(24)37-28(29,30)31/h3-11,21-23H,2,12-19H2,1H3,(H,32,35). The molecule has 2 heterocycles. The van der Waals surface area contributed by atoms with Crippen molar-refractivity contribution in [1.29, 1.82) is 0 Å². The van der Waals surface area contributed by atoms with Crippen LogP contribution in [-0.2, 0) is 4.79 Å². The third-order valence-corrected chi connectivity index (χ3v) is 7.41. The lowest BCUT2D eigenvalue weighted by Gasteiger charge is -2.42. The van der Waals surface area contributed by atoms with Crippen LogP contribution in [-0.4, -0.2) is 66.2 Å². The average Bonchev–Trinajstić information content (AvgIpc) is 2.89. The minimum atomic E-state index is -4.85. The maximum absolute atomic E-state index is 12.9. The second-order valence-electron chi connectivity index (χ2n) is 9.76. The Balaban J connectivity index is 1.25. The number of ether oxygens (including phenoxy) is 1. The number of benzene rings is 2. The second-order valence-corrected chi connectivity index (χ2v) is 9.76. The molecule has 4 rings (SSSR count). The summed E-state index contributed by atoms with van der Waals surface area (Å²) in [6, 6.07) is 15.8. The van der Waals surface area contributed by atoms with Crippen LogP contribution in [0.4, 0.5) is 13.2 Å². The van der Waals surface area contributed by atoms with Crippen LogP contribution in [0, 0.1) is 0 Å². The number of para-hydroxylation sites is 1. The van der Waals surface area contributed by atoms with Gasteiger partial charge in [0.2, 0.25) is 5.91 Å². The van der Waals surface area contributed by atoms with E-state index in [1.54, 1.807) is 4.90 Å². The Morgan fingerprint density at radius 1 is 0.946 bits per heavy atom. The molecule has 0 spiro atoms. The molecule has 0 bridgehead atoms. The Labute approximate surface area is 215 Å². The highest BCUT2D eigenvalue weighted by Gasteiger charge is 2.35. The summed E-state index contributed by atoms with van der Waals surface area (Å²) in [6.07, 6.45) is -0.836. The molecule has 1 N–H and O–H groups in total. The summed E-state index contributed by atoms with van der Waals surface area (Å²) in [5.74, 6) is -0.978. The number of nitrogens with one attached hydrogen (secondary N) is 1. The van der Waals surface area contributed by atoms with Gasteiger partial charge in [-0.05, 0) is 49.8 Å². The predicted octanol–water partition coefficient (Wildman–Crippen LogP) is 4.96. The number of piperidine rings is 2. The number of hydrogen-bond donors (Lipinski definition) is 1. The molecular formula is C28H34F3N3O3. The van der Waals surface area contributed by atoms with Crippen molar-refractivity contribution in [3.05, 3.63) is 65.7 Å². The van der Waals surface area contributed by atoms with Crippen LogP contribution in [0.5, 0.6) is 5.75 Å². The van der Waals surface area contributed by atoms with Gasteiger partial charge in [-0.2, -0.15) is 0 Å². The Kier molecular flexibility index (Phi) is 8.74. The molecule has 9 heteroatoms. The summed E-state index contributed by atoms with van der Waals surface area (Å²) in [6.45, 7) is 4.73. The van der Waals surface area contributed by atoms with E-state index in [-0.39, 0.29) is 23.4 Å². The minimum absolute atomic E-state index is 0.0734. The van der Waals surface area contributed by atoms with Crippen molar-refractivity contribution in [2.45, 2.75) is 63.4 Å². The zero-order valence-corrected chi connectivity index (χ0v) is 21.0. The van der Waals surface area contributed by atoms with Crippen LogP contribution in [0.15, 0.2) is 54.6 Å². The van der Waals surface area contributed by atoms with Crippen LogP contribution < -0.4 is 10.1 Å². The Morgan fingerprint density at radius 3 is 2.19 bits per heavy atom. The maximum Gasteiger partial charge on any atom is 0.573 e. The number of hydrogen-bond acceptors (Lipinski definition) is 4. The molecule has 0 saturated carbocycles. The van der Waals surface area contributed by atoms with Crippen molar-refractivity contribution in [3.63, 3.8) is 0 Å². The molecule has 2 amide bonds. The number of rotatable bonds is 7. The van der Waals surface area contributed by atoms with Gasteiger partial charge in [0.15, 0.2) is 0 Å². The number of halogens is 3. The van der Waals surface area contributed by atoms with E-state index in [9.17, 15) is 22.8 Å². The Morgan fingerprint density at radius 2 is 1.57 bits per heavy atom. The van der Waals surface area contributed by atoms with E-state index in [0.29, 0.717) is 19.1 Å². The fourth-order valence-electron chi connectivity index (χ4n) is 5.43. The third-order valence-electron chi connectivity index (χ3n) is 7.41. The van der Waals surface area contributed by atoms with Crippen LogP contribution in [0.25, 0.3) is 0 Å². The van der Waals surface area contributed by atoms with Gasteiger partial charge in [0.1, 0.15) is 5.75 Å². The molecule has 2 aliphatic rings. The van der Waals surface area contributed by atoms with Crippen molar-refractivity contribution in [3.8, 4) is 5.75 Å². The predicted molar refractivity (Wildman–Crippen MR) is 134 cm³/mol. The summed E-state index contributed by atoms with van der Waals surface area (Å²) >= 11 is 0. The normalized spacial score (nSPS) is 18.9. The number of likely N-dealkylation sites (tertiary alicyclic amines) is 2. The SMILES string of the molecule is CCC(C(=O)NC1CCN(C2CCN(C(=O)c3ccccc3OC(F)(F)F)CC2)CC1)c1ccccc1. The van der Waals surface area contributed by atoms with E-state index in [2.05, 4.69) is 15.0 Å². The topological polar surface area (TPSA) is 61.9 Å². The van der Waals surface area contributed by atoms with Gasteiger partial charge in [-0.3, -0.25) is 9.59 Å². The fraction of sp³-hybridized carbons (Fsp3) is 0.500. The molecule has 1 atom stereocenters. The highest BCUT2D eigenvalue weighted by molar-refractivity contribution is 5.97. The van der Waals surface area contributed by atoms with Gasteiger partial charge in [0.25, 0.3) is 5.91 Å². The van der Waals surface area contributed by atoms with E-state index in [4.69, 9.17) is 0 Å². The summed E-state index contributed by atoms with van der Waals surface area (Å²) in [4.78, 5) is 29.9. The van der Waals surface area contributed by atoms with Crippen molar-refractivity contribution in [2.75, 3.05) is 26.2 Å². The molecule has 2 fully saturated rings. The molecule has 200 valence electrons. The summed E-state index contributed by atoms with van der Waals surface area (Å²) in [5, 5.41) is 3.24. The molecule has 0 radical (unpaired) electrons. The third kappa shape index (κ3) is 7.03. The van der Waals surface area contributed by atoms with Gasteiger partial charge < -0.3 is 19.9 Å². The molecule has 2 aromatic carbocycles. The number of carbonyl (C=O) groups is 2. The smallest absolute Gasteiger partial charge is 0.405 e. The molecule has 6 nitrogen and oxygen atoms in total. The monoisotopic (exact) mass is 517 g/mol. The molecular weight excluding hydrogens is 483 g/mol. The van der Waals surface area contributed by atoms with Crippen LogP contribution >= 0.6 is 0 Å². The highest BCUT2D eigenvalue weighted by Crippen LogP contribution is 2.29. The van der Waals surface area contributed by atoms with E-state index in [0.717, 1.165) is 50.8 Å². The second kappa shape index (κ2) is 12.0. The molecule has 0 aliphatic carbocycles. The zero-order chi connectivity index (χ0) is 26.4. The maximum atomic E-state index is 12.9. The van der Waals surface area contributed by atoms with E-state index in [1.807, 2.05) is 37.3 Å². The summed E-state index contributed by atoms with van der Waals surface area (Å²) < 4.78 is 42.3. The van der Waals surface area contributed by atoms with Gasteiger partial charge in [-0.25, -0.2) is 0 Å². The van der Waals surface area contributed by atoms with Crippen molar-refractivity contribution >= 4 is 11.8 Å². The van der Waals surface area contributed by atoms with Crippen LogP contribution in [0.3, 0.4) is 0 Å². The van der Waals surface area contributed by atoms with E-state index < -0.39 is 18.0 Å². The van der Waals surface area contributed by atoms with Crippen molar-refractivity contribution in [2.24, 2.45) is 0 Å². The molecule has 1 unspecified atom stereocenters. The molecule has 37 heavy (non-hydrogen) atoms. The van der Waals surface area contributed by atoms with Gasteiger partial charge in [0.05, 0.1) is 11.5 Å². The van der Waals surface area contributed by atoms with Gasteiger partial charge in [0, 0.05) is 38.3 Å². The van der Waals surface area contributed by atoms with Gasteiger partial charge in [-0.1, -0.05) is 49.4 Å². The lowest BCUT2D eigenvalue weighted by Crippen LogP contribution is -2.52. The number of amides is 2. The van der Waals surface area contributed by atoms with Gasteiger partial charge >= 0.3 is 6.36 Å². The lowest BCUT2D eigenvalue weighted by atomic mass is 9.94. The quantitative estimate of drug-likeness (QED) is 0.564. The number of alkyl halides is 3. The summed E-state index contributed by atoms with van der Waals surface area (Å²) in [7, 11) is 0. The first kappa shape index (κ1) is 27.0. The minimum Gasteiger partial charge on any atom is -0.405 e. The highest BCUT2D eigenvalue weighted by atomic mass is 19.4. The number of nitrogens with zero attached hydrogens (tertiary/aromatic N) is 2. The molecule has 2 aliphatic heterocycles. The van der Waals surface area contributed by atoms with Crippen LogP contribution in [0.1, 0.15) is 60.9 Å².